The number of methoxy groups -OCH3 is 1. The maximum Gasteiger partial charge on any atom is 0.331 e. The van der Waals surface area contributed by atoms with Gasteiger partial charge in [-0.3, -0.25) is 9.55 Å². The van der Waals surface area contributed by atoms with Gasteiger partial charge in [0.25, 0.3) is 0 Å². The van der Waals surface area contributed by atoms with Gasteiger partial charge in [0.2, 0.25) is 0 Å². The monoisotopic (exact) mass is 274 g/mol. The van der Waals surface area contributed by atoms with Crippen LogP contribution >= 0.6 is 12.2 Å². The second-order valence-corrected chi connectivity index (χ2v) is 4.98. The van der Waals surface area contributed by atoms with Crippen molar-refractivity contribution in [3.05, 3.63) is 50.6 Å². The molecule has 5 heteroatoms. The summed E-state index contributed by atoms with van der Waals surface area (Å²) in [6.07, 6.45) is 2.87. The third kappa shape index (κ3) is 2.00. The van der Waals surface area contributed by atoms with E-state index in [-0.39, 0.29) is 5.69 Å². The zero-order valence-corrected chi connectivity index (χ0v) is 11.4. The fraction of sp³-hybridized carbons (Fsp3) is 0.286. The molecule has 0 aliphatic heterocycles. The maximum atomic E-state index is 12.2. The van der Waals surface area contributed by atoms with Gasteiger partial charge in [-0.05, 0) is 31.4 Å². The number of nitrogens with zero attached hydrogens (tertiary/aromatic N) is 1. The first-order valence-electron chi connectivity index (χ1n) is 6.22. The Balaban J connectivity index is 2.28. The van der Waals surface area contributed by atoms with Crippen LogP contribution in [0.2, 0.25) is 0 Å². The molecule has 1 aliphatic rings. The number of benzene rings is 1. The van der Waals surface area contributed by atoms with Crippen LogP contribution in [0.3, 0.4) is 0 Å². The molecule has 2 aromatic rings. The highest BCUT2D eigenvalue weighted by Crippen LogP contribution is 2.24. The standard InChI is InChI=1S/C14H14N2O2S/c1-18-10-5-2-4-9(8-10)16-12-7-3-6-11(12)13(19)15-14(16)17/h2,4-5,8H,3,6-7H2,1H3,(H,15,17,19). The number of fused-ring (bicyclic) bond motifs is 1. The third-order valence-corrected chi connectivity index (χ3v) is 3.82. The average Bonchev–Trinajstić information content (AvgIpc) is 2.88. The van der Waals surface area contributed by atoms with Crippen molar-refractivity contribution < 1.29 is 4.74 Å². The molecule has 4 nitrogen and oxygen atoms in total. The number of H-pyrrole nitrogens is 1. The SMILES string of the molecule is COc1cccc(-n2c3c(c(=S)[nH]c2=O)CCC3)c1. The Kier molecular flexibility index (Phi) is 2.98. The zero-order chi connectivity index (χ0) is 13.4. The van der Waals surface area contributed by atoms with Crippen molar-refractivity contribution in [2.45, 2.75) is 19.3 Å². The normalized spacial score (nSPS) is 13.3. The zero-order valence-electron chi connectivity index (χ0n) is 10.6. The molecule has 1 heterocycles. The third-order valence-electron chi connectivity index (χ3n) is 3.47. The van der Waals surface area contributed by atoms with E-state index in [0.29, 0.717) is 4.64 Å². The van der Waals surface area contributed by atoms with E-state index in [0.717, 1.165) is 42.0 Å². The van der Waals surface area contributed by atoms with Gasteiger partial charge >= 0.3 is 5.69 Å². The highest BCUT2D eigenvalue weighted by atomic mass is 32.1. The second-order valence-electron chi connectivity index (χ2n) is 4.57. The van der Waals surface area contributed by atoms with Gasteiger partial charge < -0.3 is 4.74 Å². The first kappa shape index (κ1) is 12.2. The Labute approximate surface area is 115 Å². The number of ether oxygens (including phenoxy) is 1. The molecule has 0 radical (unpaired) electrons. The smallest absolute Gasteiger partial charge is 0.331 e. The number of aromatic amines is 1. The van der Waals surface area contributed by atoms with Crippen LogP contribution in [-0.4, -0.2) is 16.7 Å². The summed E-state index contributed by atoms with van der Waals surface area (Å²) in [7, 11) is 1.62. The molecule has 0 saturated heterocycles. The van der Waals surface area contributed by atoms with Crippen molar-refractivity contribution in [1.82, 2.24) is 9.55 Å². The van der Waals surface area contributed by atoms with Crippen molar-refractivity contribution in [3.63, 3.8) is 0 Å². The van der Waals surface area contributed by atoms with Crippen molar-refractivity contribution >= 4 is 12.2 Å². The number of hydrogen-bond acceptors (Lipinski definition) is 3. The molecule has 19 heavy (non-hydrogen) atoms. The molecule has 0 unspecified atom stereocenters. The number of rotatable bonds is 2. The van der Waals surface area contributed by atoms with Gasteiger partial charge in [0.1, 0.15) is 10.4 Å². The summed E-state index contributed by atoms with van der Waals surface area (Å²) in [5.41, 5.74) is 2.76. The van der Waals surface area contributed by atoms with Gasteiger partial charge in [-0.15, -0.1) is 0 Å². The molecule has 98 valence electrons. The molecule has 0 spiro atoms. The summed E-state index contributed by atoms with van der Waals surface area (Å²) in [6.45, 7) is 0. The lowest BCUT2D eigenvalue weighted by Crippen LogP contribution is -2.25. The number of nitrogens with one attached hydrogen (secondary N) is 1. The molecule has 0 bridgehead atoms. The van der Waals surface area contributed by atoms with Crippen molar-refractivity contribution in [2.24, 2.45) is 0 Å². The summed E-state index contributed by atoms with van der Waals surface area (Å²) in [5, 5.41) is 0. The molecule has 1 N–H and O–H groups in total. The Bertz CT molecular complexity index is 746. The molecule has 0 amide bonds. The average molecular weight is 274 g/mol. The van der Waals surface area contributed by atoms with Crippen molar-refractivity contribution in [2.75, 3.05) is 7.11 Å². The fourth-order valence-corrected chi connectivity index (χ4v) is 2.90. The molecular weight excluding hydrogens is 260 g/mol. The van der Waals surface area contributed by atoms with E-state index in [1.54, 1.807) is 11.7 Å². The van der Waals surface area contributed by atoms with E-state index in [1.165, 1.54) is 0 Å². The molecule has 1 aliphatic carbocycles. The highest BCUT2D eigenvalue weighted by molar-refractivity contribution is 7.71. The Morgan fingerprint density at radius 1 is 1.37 bits per heavy atom. The van der Waals surface area contributed by atoms with Gasteiger partial charge in [0.05, 0.1) is 12.8 Å². The van der Waals surface area contributed by atoms with Crippen LogP contribution in [0.15, 0.2) is 29.1 Å². The molecule has 0 fully saturated rings. The Morgan fingerprint density at radius 3 is 3.00 bits per heavy atom. The van der Waals surface area contributed by atoms with Gasteiger partial charge in [-0.2, -0.15) is 0 Å². The first-order chi connectivity index (χ1) is 9.20. The van der Waals surface area contributed by atoms with Crippen LogP contribution in [0.4, 0.5) is 0 Å². The van der Waals surface area contributed by atoms with Crippen LogP contribution in [0.1, 0.15) is 17.7 Å². The molecule has 0 atom stereocenters. The van der Waals surface area contributed by atoms with Crippen LogP contribution < -0.4 is 10.4 Å². The van der Waals surface area contributed by atoms with E-state index in [9.17, 15) is 4.79 Å². The number of hydrogen-bond donors (Lipinski definition) is 1. The predicted molar refractivity (Wildman–Crippen MR) is 75.8 cm³/mol. The first-order valence-corrected chi connectivity index (χ1v) is 6.63. The van der Waals surface area contributed by atoms with Gasteiger partial charge in [-0.1, -0.05) is 18.3 Å². The van der Waals surface area contributed by atoms with E-state index in [4.69, 9.17) is 17.0 Å². The van der Waals surface area contributed by atoms with E-state index in [1.807, 2.05) is 24.3 Å². The van der Waals surface area contributed by atoms with Crippen molar-refractivity contribution in [1.29, 1.82) is 0 Å². The minimum absolute atomic E-state index is 0.182. The predicted octanol–water partition coefficient (Wildman–Crippen LogP) is 2.39. The second kappa shape index (κ2) is 4.66. The minimum atomic E-state index is -0.182. The van der Waals surface area contributed by atoms with Gasteiger partial charge in [0, 0.05) is 17.3 Å². The fourth-order valence-electron chi connectivity index (χ4n) is 2.59. The Morgan fingerprint density at radius 2 is 2.21 bits per heavy atom. The van der Waals surface area contributed by atoms with E-state index >= 15 is 0 Å². The molecule has 3 rings (SSSR count). The largest absolute Gasteiger partial charge is 0.497 e. The van der Waals surface area contributed by atoms with E-state index in [2.05, 4.69) is 4.98 Å². The topological polar surface area (TPSA) is 47.0 Å². The summed E-state index contributed by atoms with van der Waals surface area (Å²) < 4.78 is 7.50. The maximum absolute atomic E-state index is 12.2. The lowest BCUT2D eigenvalue weighted by molar-refractivity contribution is 0.414. The van der Waals surface area contributed by atoms with E-state index < -0.39 is 0 Å². The molecule has 0 saturated carbocycles. The quantitative estimate of drug-likeness (QED) is 0.855. The van der Waals surface area contributed by atoms with Crippen molar-refractivity contribution in [3.8, 4) is 11.4 Å². The summed E-state index contributed by atoms with van der Waals surface area (Å²) >= 11 is 5.23. The minimum Gasteiger partial charge on any atom is -0.497 e. The number of aromatic nitrogens is 2. The van der Waals surface area contributed by atoms with Crippen LogP contribution in [0, 0.1) is 4.64 Å². The molecule has 1 aromatic carbocycles. The molecular formula is C14H14N2O2S. The summed E-state index contributed by atoms with van der Waals surface area (Å²) in [4.78, 5) is 15.0. The lowest BCUT2D eigenvalue weighted by atomic mass is 10.2. The summed E-state index contributed by atoms with van der Waals surface area (Å²) in [6, 6.07) is 7.50. The van der Waals surface area contributed by atoms with Gasteiger partial charge in [-0.25, -0.2) is 4.79 Å². The van der Waals surface area contributed by atoms with Crippen LogP contribution in [-0.2, 0) is 12.8 Å². The van der Waals surface area contributed by atoms with Crippen LogP contribution in [0.5, 0.6) is 5.75 Å². The highest BCUT2D eigenvalue weighted by Gasteiger charge is 2.19. The van der Waals surface area contributed by atoms with Gasteiger partial charge in [0.15, 0.2) is 0 Å². The molecule has 1 aromatic heterocycles. The lowest BCUT2D eigenvalue weighted by Gasteiger charge is -2.12. The summed E-state index contributed by atoms with van der Waals surface area (Å²) in [5.74, 6) is 0.735. The van der Waals surface area contributed by atoms with Crippen LogP contribution in [0.25, 0.3) is 5.69 Å². The Hall–Kier alpha value is -1.88.